The molecule has 1 aliphatic carbocycles. The summed E-state index contributed by atoms with van der Waals surface area (Å²) in [6.45, 7) is 7.09. The van der Waals surface area contributed by atoms with Crippen LogP contribution in [0.5, 0.6) is 0 Å². The Balaban J connectivity index is 2.37. The van der Waals surface area contributed by atoms with Gasteiger partial charge in [0.05, 0.1) is 12.5 Å². The largest absolute Gasteiger partial charge is 0.458 e. The summed E-state index contributed by atoms with van der Waals surface area (Å²) in [7, 11) is 0. The van der Waals surface area contributed by atoms with Crippen LogP contribution in [0.25, 0.3) is 0 Å². The lowest BCUT2D eigenvalue weighted by Crippen LogP contribution is -2.36. The average molecular weight is 364 g/mol. The molecule has 2 aliphatic rings. The molecule has 144 valence electrons. The van der Waals surface area contributed by atoms with Gasteiger partial charge in [0.15, 0.2) is 0 Å². The molecule has 1 fully saturated rings. The third kappa shape index (κ3) is 4.62. The molecule has 6 nitrogen and oxygen atoms in total. The van der Waals surface area contributed by atoms with E-state index in [1.807, 2.05) is 6.08 Å². The second-order valence-electron chi connectivity index (χ2n) is 7.00. The zero-order valence-corrected chi connectivity index (χ0v) is 15.4. The summed E-state index contributed by atoms with van der Waals surface area (Å²) >= 11 is 0. The Labute approximate surface area is 154 Å². The van der Waals surface area contributed by atoms with Gasteiger partial charge in [-0.3, -0.25) is 0 Å². The summed E-state index contributed by atoms with van der Waals surface area (Å²) in [6, 6.07) is 0. The number of ether oxygens (including phenoxy) is 2. The van der Waals surface area contributed by atoms with E-state index in [0.29, 0.717) is 24.8 Å². The molecule has 0 aromatic rings. The molecule has 0 unspecified atom stereocenters. The molecule has 2 rings (SSSR count). The SMILES string of the molecule is C=C1C(=O)O[C@@H]2C[C@H](CO)CCC=C(CO)C[C@@H](OC(=O)/C(C)=C\C)[C@@H]12. The average Bonchev–Trinajstić information content (AvgIpc) is 2.91. The molecule has 1 saturated heterocycles. The van der Waals surface area contributed by atoms with E-state index in [-0.39, 0.29) is 24.7 Å². The van der Waals surface area contributed by atoms with E-state index in [4.69, 9.17) is 9.47 Å². The van der Waals surface area contributed by atoms with Crippen molar-refractivity contribution in [2.75, 3.05) is 13.2 Å². The van der Waals surface area contributed by atoms with Crippen molar-refractivity contribution in [1.82, 2.24) is 0 Å². The maximum atomic E-state index is 12.3. The van der Waals surface area contributed by atoms with Crippen molar-refractivity contribution in [3.8, 4) is 0 Å². The molecular weight excluding hydrogens is 336 g/mol. The summed E-state index contributed by atoms with van der Waals surface area (Å²) in [5.41, 5.74) is 1.49. The van der Waals surface area contributed by atoms with E-state index in [2.05, 4.69) is 6.58 Å². The van der Waals surface area contributed by atoms with Crippen LogP contribution in [0, 0.1) is 11.8 Å². The summed E-state index contributed by atoms with van der Waals surface area (Å²) in [5.74, 6) is -1.48. The summed E-state index contributed by atoms with van der Waals surface area (Å²) in [6.07, 6.45) is 4.68. The van der Waals surface area contributed by atoms with Crippen LogP contribution in [0.4, 0.5) is 0 Å². The third-order valence-corrected chi connectivity index (χ3v) is 5.24. The van der Waals surface area contributed by atoms with Crippen molar-refractivity contribution in [2.45, 2.75) is 51.7 Å². The van der Waals surface area contributed by atoms with E-state index in [1.54, 1.807) is 19.9 Å². The quantitative estimate of drug-likeness (QED) is 0.451. The molecular formula is C20H28O6. The van der Waals surface area contributed by atoms with Gasteiger partial charge in [-0.15, -0.1) is 0 Å². The lowest BCUT2D eigenvalue weighted by atomic mass is 9.81. The van der Waals surface area contributed by atoms with Crippen LogP contribution < -0.4 is 0 Å². The highest BCUT2D eigenvalue weighted by molar-refractivity contribution is 5.91. The van der Waals surface area contributed by atoms with Gasteiger partial charge < -0.3 is 19.7 Å². The van der Waals surface area contributed by atoms with Gasteiger partial charge in [0.1, 0.15) is 12.2 Å². The summed E-state index contributed by atoms with van der Waals surface area (Å²) in [4.78, 5) is 24.4. The van der Waals surface area contributed by atoms with Crippen molar-refractivity contribution in [3.63, 3.8) is 0 Å². The van der Waals surface area contributed by atoms with Crippen LogP contribution >= 0.6 is 0 Å². The number of hydrogen-bond acceptors (Lipinski definition) is 6. The Bertz CT molecular complexity index is 618. The normalized spacial score (nSPS) is 30.3. The second kappa shape index (κ2) is 9.14. The fraction of sp³-hybridized carbons (Fsp3) is 0.600. The van der Waals surface area contributed by atoms with Gasteiger partial charge in [-0.1, -0.05) is 18.7 Å². The van der Waals surface area contributed by atoms with Crippen molar-refractivity contribution in [2.24, 2.45) is 11.8 Å². The highest BCUT2D eigenvalue weighted by Gasteiger charge is 2.46. The van der Waals surface area contributed by atoms with Gasteiger partial charge in [-0.2, -0.15) is 0 Å². The Morgan fingerprint density at radius 2 is 2.19 bits per heavy atom. The van der Waals surface area contributed by atoms with Crippen LogP contribution in [0.15, 0.2) is 35.5 Å². The number of aliphatic hydroxyl groups excluding tert-OH is 2. The molecule has 0 bridgehead atoms. The number of fused-ring (bicyclic) bond motifs is 1. The Morgan fingerprint density at radius 3 is 2.81 bits per heavy atom. The first-order valence-electron chi connectivity index (χ1n) is 9.04. The van der Waals surface area contributed by atoms with Gasteiger partial charge in [-0.05, 0) is 44.6 Å². The maximum Gasteiger partial charge on any atom is 0.334 e. The maximum absolute atomic E-state index is 12.3. The number of carbonyl (C=O) groups excluding carboxylic acids is 2. The summed E-state index contributed by atoms with van der Waals surface area (Å²) in [5, 5.41) is 19.3. The number of aliphatic hydroxyl groups is 2. The molecule has 0 aromatic heterocycles. The predicted octanol–water partition coefficient (Wildman–Crippen LogP) is 2.06. The minimum Gasteiger partial charge on any atom is -0.458 e. The van der Waals surface area contributed by atoms with Crippen LogP contribution in [0.1, 0.15) is 39.5 Å². The fourth-order valence-electron chi connectivity index (χ4n) is 3.50. The molecule has 6 heteroatoms. The van der Waals surface area contributed by atoms with Crippen LogP contribution in [0.2, 0.25) is 0 Å². The highest BCUT2D eigenvalue weighted by Crippen LogP contribution is 2.38. The number of rotatable bonds is 4. The predicted molar refractivity (Wildman–Crippen MR) is 96.0 cm³/mol. The first-order valence-corrected chi connectivity index (χ1v) is 9.04. The zero-order valence-electron chi connectivity index (χ0n) is 15.4. The minimum atomic E-state index is -0.655. The number of esters is 2. The molecule has 4 atom stereocenters. The van der Waals surface area contributed by atoms with E-state index >= 15 is 0 Å². The zero-order chi connectivity index (χ0) is 19.3. The number of hydrogen-bond donors (Lipinski definition) is 2. The number of allylic oxidation sites excluding steroid dienone is 2. The van der Waals surface area contributed by atoms with Crippen molar-refractivity contribution >= 4 is 11.9 Å². The topological polar surface area (TPSA) is 93.1 Å². The lowest BCUT2D eigenvalue weighted by Gasteiger charge is -2.30. The van der Waals surface area contributed by atoms with Crippen LogP contribution in [0.3, 0.4) is 0 Å². The molecule has 0 spiro atoms. The van der Waals surface area contributed by atoms with Gasteiger partial charge in [0, 0.05) is 24.2 Å². The first-order chi connectivity index (χ1) is 12.4. The Hall–Kier alpha value is -1.92. The monoisotopic (exact) mass is 364 g/mol. The molecule has 0 aromatic carbocycles. The second-order valence-corrected chi connectivity index (χ2v) is 7.00. The van der Waals surface area contributed by atoms with Gasteiger partial charge >= 0.3 is 11.9 Å². The molecule has 0 amide bonds. The summed E-state index contributed by atoms with van der Waals surface area (Å²) < 4.78 is 11.2. The first kappa shape index (κ1) is 20.4. The van der Waals surface area contributed by atoms with E-state index in [0.717, 1.165) is 12.0 Å². The molecule has 2 N–H and O–H groups in total. The molecule has 26 heavy (non-hydrogen) atoms. The standard InChI is InChI=1S/C20H28O6/c1-4-12(2)19(23)25-16-8-14(10-21)6-5-7-15(11-22)9-17-18(16)13(3)20(24)26-17/h4,6,15-18,21-22H,3,5,7-11H2,1-2H3/b12-4-,14-6?/t15-,16-,17-,18-/m1/s1. The van der Waals surface area contributed by atoms with Gasteiger partial charge in [-0.25, -0.2) is 9.59 Å². The van der Waals surface area contributed by atoms with Crippen molar-refractivity contribution in [3.05, 3.63) is 35.5 Å². The fourth-order valence-corrected chi connectivity index (χ4v) is 3.50. The van der Waals surface area contributed by atoms with Gasteiger partial charge in [0.25, 0.3) is 0 Å². The molecule has 1 heterocycles. The lowest BCUT2D eigenvalue weighted by molar-refractivity contribution is -0.148. The van der Waals surface area contributed by atoms with Crippen molar-refractivity contribution in [1.29, 1.82) is 0 Å². The van der Waals surface area contributed by atoms with Crippen molar-refractivity contribution < 1.29 is 29.3 Å². The van der Waals surface area contributed by atoms with E-state index in [1.165, 1.54) is 0 Å². The molecule has 1 aliphatic heterocycles. The number of carbonyl (C=O) groups is 2. The Kier molecular flexibility index (Phi) is 7.17. The molecule has 0 saturated carbocycles. The van der Waals surface area contributed by atoms with Crippen LogP contribution in [-0.4, -0.2) is 47.6 Å². The van der Waals surface area contributed by atoms with Gasteiger partial charge in [0.2, 0.25) is 0 Å². The molecule has 0 radical (unpaired) electrons. The minimum absolute atomic E-state index is 0.0162. The highest BCUT2D eigenvalue weighted by atomic mass is 16.6. The smallest absolute Gasteiger partial charge is 0.334 e. The Morgan fingerprint density at radius 1 is 1.46 bits per heavy atom. The third-order valence-electron chi connectivity index (χ3n) is 5.24. The van der Waals surface area contributed by atoms with Crippen LogP contribution in [-0.2, 0) is 19.1 Å². The van der Waals surface area contributed by atoms with E-state index in [9.17, 15) is 19.8 Å². The van der Waals surface area contributed by atoms with E-state index < -0.39 is 30.1 Å².